The number of aromatic nitrogens is 2. The summed E-state index contributed by atoms with van der Waals surface area (Å²) in [5.74, 6) is -3.02. The van der Waals surface area contributed by atoms with E-state index >= 15 is 0 Å². The first-order valence-electron chi connectivity index (χ1n) is 10.5. The zero-order chi connectivity index (χ0) is 24.7. The van der Waals surface area contributed by atoms with Gasteiger partial charge in [0.25, 0.3) is 5.91 Å². The molecule has 0 atom stereocenters. The molecule has 1 aliphatic heterocycles. The van der Waals surface area contributed by atoms with Crippen LogP contribution in [0.5, 0.6) is 28.7 Å². The second-order valence-electron chi connectivity index (χ2n) is 8.10. The molecule has 2 aromatic carbocycles. The van der Waals surface area contributed by atoms with Gasteiger partial charge in [0.1, 0.15) is 11.5 Å². The number of hydrogen-bond acceptors (Lipinski definition) is 7. The van der Waals surface area contributed by atoms with Crippen molar-refractivity contribution in [2.24, 2.45) is 0 Å². The standard InChI is InChI=1S/C25H19F2N3O5/c1-25(2)34-20-5-4-17-21(23(20)35-25)19(7-9-29-17)33-22-15(26)10-13(11-16(22)27)30-24(31)14-12-28-8-6-18(14)32-3/h4-12H,1-3H3,(H,30,31). The summed E-state index contributed by atoms with van der Waals surface area (Å²) >= 11 is 0. The van der Waals surface area contributed by atoms with Crippen LogP contribution in [0.15, 0.2) is 55.0 Å². The van der Waals surface area contributed by atoms with E-state index < -0.39 is 29.1 Å². The molecular weight excluding hydrogens is 460 g/mol. The van der Waals surface area contributed by atoms with Gasteiger partial charge in [0.2, 0.25) is 5.79 Å². The number of carbonyl (C=O) groups excluding carboxylic acids is 1. The molecule has 10 heteroatoms. The Balaban J connectivity index is 1.47. The number of carbonyl (C=O) groups is 1. The van der Waals surface area contributed by atoms with Crippen molar-refractivity contribution < 1.29 is 32.5 Å². The summed E-state index contributed by atoms with van der Waals surface area (Å²) in [5, 5.41) is 2.85. The first-order chi connectivity index (χ1) is 16.8. The molecule has 0 aliphatic carbocycles. The largest absolute Gasteiger partial charge is 0.496 e. The van der Waals surface area contributed by atoms with Crippen molar-refractivity contribution in [2.75, 3.05) is 12.4 Å². The van der Waals surface area contributed by atoms with E-state index in [9.17, 15) is 13.6 Å². The van der Waals surface area contributed by atoms with E-state index in [0.29, 0.717) is 22.4 Å². The van der Waals surface area contributed by atoms with E-state index in [1.165, 1.54) is 37.8 Å². The van der Waals surface area contributed by atoms with Gasteiger partial charge in [-0.2, -0.15) is 0 Å². The molecule has 0 radical (unpaired) electrons. The maximum Gasteiger partial charge on any atom is 0.261 e. The van der Waals surface area contributed by atoms with Gasteiger partial charge in [-0.25, -0.2) is 8.78 Å². The molecule has 0 saturated carbocycles. The molecule has 178 valence electrons. The first-order valence-corrected chi connectivity index (χ1v) is 10.5. The van der Waals surface area contributed by atoms with Crippen LogP contribution < -0.4 is 24.3 Å². The zero-order valence-corrected chi connectivity index (χ0v) is 18.9. The average molecular weight is 479 g/mol. The predicted octanol–water partition coefficient (Wildman–Crippen LogP) is 5.47. The fraction of sp³-hybridized carbons (Fsp3) is 0.160. The Hall–Kier alpha value is -4.47. The number of halogens is 2. The van der Waals surface area contributed by atoms with Gasteiger partial charge in [0, 0.05) is 50.3 Å². The lowest BCUT2D eigenvalue weighted by Gasteiger charge is -2.17. The van der Waals surface area contributed by atoms with Crippen LogP contribution in [0.3, 0.4) is 0 Å². The van der Waals surface area contributed by atoms with Gasteiger partial charge >= 0.3 is 0 Å². The Morgan fingerprint density at radius 1 is 1.03 bits per heavy atom. The first kappa shape index (κ1) is 22.3. The molecule has 1 aliphatic rings. The fourth-order valence-corrected chi connectivity index (χ4v) is 3.73. The number of benzene rings is 2. The molecule has 3 heterocycles. The highest BCUT2D eigenvalue weighted by Crippen LogP contribution is 2.48. The Kier molecular flexibility index (Phi) is 5.35. The molecule has 4 aromatic rings. The van der Waals surface area contributed by atoms with E-state index in [4.69, 9.17) is 18.9 Å². The second-order valence-corrected chi connectivity index (χ2v) is 8.10. The third-order valence-electron chi connectivity index (χ3n) is 5.20. The highest BCUT2D eigenvalue weighted by atomic mass is 19.1. The van der Waals surface area contributed by atoms with Crippen LogP contribution in [-0.4, -0.2) is 28.8 Å². The fourth-order valence-electron chi connectivity index (χ4n) is 3.73. The van der Waals surface area contributed by atoms with E-state index in [1.54, 1.807) is 26.0 Å². The maximum absolute atomic E-state index is 15.0. The van der Waals surface area contributed by atoms with Crippen molar-refractivity contribution >= 4 is 22.5 Å². The number of rotatable bonds is 5. The molecule has 8 nitrogen and oxygen atoms in total. The molecule has 0 spiro atoms. The predicted molar refractivity (Wildman–Crippen MR) is 122 cm³/mol. The van der Waals surface area contributed by atoms with E-state index in [2.05, 4.69) is 15.3 Å². The summed E-state index contributed by atoms with van der Waals surface area (Å²) < 4.78 is 52.3. The van der Waals surface area contributed by atoms with Gasteiger partial charge in [-0.05, 0) is 24.3 Å². The summed E-state index contributed by atoms with van der Waals surface area (Å²) in [7, 11) is 1.40. The highest BCUT2D eigenvalue weighted by molar-refractivity contribution is 6.06. The van der Waals surface area contributed by atoms with E-state index in [0.717, 1.165) is 12.1 Å². The summed E-state index contributed by atoms with van der Waals surface area (Å²) in [5.41, 5.74) is 0.498. The molecule has 0 fully saturated rings. The quantitative estimate of drug-likeness (QED) is 0.406. The zero-order valence-electron chi connectivity index (χ0n) is 18.9. The molecule has 1 N–H and O–H groups in total. The Labute approximate surface area is 198 Å². The molecule has 1 amide bonds. The summed E-state index contributed by atoms with van der Waals surface area (Å²) in [6.07, 6.45) is 4.20. The number of amides is 1. The lowest BCUT2D eigenvalue weighted by molar-refractivity contribution is -0.0426. The normalized spacial score (nSPS) is 13.5. The molecule has 2 aromatic heterocycles. The van der Waals surface area contributed by atoms with Crippen LogP contribution in [0.2, 0.25) is 0 Å². The molecular formula is C25H19F2N3O5. The Bertz CT molecular complexity index is 1450. The van der Waals surface area contributed by atoms with Crippen molar-refractivity contribution in [3.8, 4) is 28.7 Å². The monoisotopic (exact) mass is 479 g/mol. The molecule has 5 rings (SSSR count). The van der Waals surface area contributed by atoms with Gasteiger partial charge in [0.05, 0.1) is 23.6 Å². The number of hydrogen-bond donors (Lipinski definition) is 1. The average Bonchev–Trinajstić information content (AvgIpc) is 3.15. The van der Waals surface area contributed by atoms with Crippen LogP contribution in [-0.2, 0) is 0 Å². The van der Waals surface area contributed by atoms with Crippen molar-refractivity contribution in [2.45, 2.75) is 19.6 Å². The lowest BCUT2D eigenvalue weighted by Crippen LogP contribution is -2.29. The molecule has 0 bridgehead atoms. The number of nitrogens with zero attached hydrogens (tertiary/aromatic N) is 2. The van der Waals surface area contributed by atoms with Crippen LogP contribution in [0.25, 0.3) is 10.9 Å². The third kappa shape index (κ3) is 4.14. The molecule has 0 unspecified atom stereocenters. The van der Waals surface area contributed by atoms with E-state index in [-0.39, 0.29) is 22.7 Å². The summed E-state index contributed by atoms with van der Waals surface area (Å²) in [4.78, 5) is 20.7. The summed E-state index contributed by atoms with van der Waals surface area (Å²) in [6, 6.07) is 8.29. The van der Waals surface area contributed by atoms with Crippen molar-refractivity contribution in [3.63, 3.8) is 0 Å². The summed E-state index contributed by atoms with van der Waals surface area (Å²) in [6.45, 7) is 3.48. The van der Waals surface area contributed by atoms with Gasteiger partial charge in [-0.1, -0.05) is 0 Å². The number of pyridine rings is 2. The highest BCUT2D eigenvalue weighted by Gasteiger charge is 2.34. The second kappa shape index (κ2) is 8.39. The lowest BCUT2D eigenvalue weighted by atomic mass is 10.1. The number of fused-ring (bicyclic) bond motifs is 3. The smallest absolute Gasteiger partial charge is 0.261 e. The SMILES string of the molecule is COc1ccncc1C(=O)Nc1cc(F)c(Oc2ccnc3ccc4c(c23)OC(C)(C)O4)c(F)c1. The number of ether oxygens (including phenoxy) is 4. The van der Waals surface area contributed by atoms with Crippen LogP contribution in [0.1, 0.15) is 24.2 Å². The van der Waals surface area contributed by atoms with Crippen LogP contribution in [0.4, 0.5) is 14.5 Å². The minimum absolute atomic E-state index is 0.109. The Morgan fingerprint density at radius 2 is 1.77 bits per heavy atom. The van der Waals surface area contributed by atoms with Gasteiger partial charge in [0.15, 0.2) is 28.9 Å². The minimum Gasteiger partial charge on any atom is -0.496 e. The maximum atomic E-state index is 15.0. The van der Waals surface area contributed by atoms with Crippen LogP contribution in [0, 0.1) is 11.6 Å². The van der Waals surface area contributed by atoms with Crippen molar-refractivity contribution in [1.29, 1.82) is 0 Å². The minimum atomic E-state index is -1.02. The number of methoxy groups -OCH3 is 1. The number of nitrogens with one attached hydrogen (secondary N) is 1. The third-order valence-corrected chi connectivity index (χ3v) is 5.20. The van der Waals surface area contributed by atoms with Crippen LogP contribution >= 0.6 is 0 Å². The van der Waals surface area contributed by atoms with Gasteiger partial charge in [-0.15, -0.1) is 0 Å². The van der Waals surface area contributed by atoms with E-state index in [1.807, 2.05) is 0 Å². The number of anilines is 1. The molecule has 0 saturated heterocycles. The van der Waals surface area contributed by atoms with Crippen molar-refractivity contribution in [1.82, 2.24) is 9.97 Å². The molecule has 35 heavy (non-hydrogen) atoms. The van der Waals surface area contributed by atoms with Gasteiger partial charge in [-0.3, -0.25) is 14.8 Å². The Morgan fingerprint density at radius 3 is 2.51 bits per heavy atom. The van der Waals surface area contributed by atoms with Gasteiger partial charge < -0.3 is 24.3 Å². The topological polar surface area (TPSA) is 91.8 Å². The van der Waals surface area contributed by atoms with Crippen molar-refractivity contribution in [3.05, 3.63) is 72.2 Å².